The molecule has 24 heavy (non-hydrogen) atoms. The number of carbonyl (C=O) groups excluding carboxylic acids is 1. The molecule has 0 radical (unpaired) electrons. The molecule has 0 bridgehead atoms. The quantitative estimate of drug-likeness (QED) is 0.824. The lowest BCUT2D eigenvalue weighted by atomic mass is 9.82. The summed E-state index contributed by atoms with van der Waals surface area (Å²) in [5.74, 6) is 0.257. The minimum Gasteiger partial charge on any atom is -0.380 e. The molecule has 7 heteroatoms. The highest BCUT2D eigenvalue weighted by Gasteiger charge is 2.52. The normalized spacial score (nSPS) is 25.8. The van der Waals surface area contributed by atoms with Crippen molar-refractivity contribution in [2.75, 3.05) is 32.9 Å². The van der Waals surface area contributed by atoms with Crippen molar-refractivity contribution in [3.05, 3.63) is 48.1 Å². The zero-order valence-corrected chi connectivity index (χ0v) is 13.3. The smallest absolute Gasteiger partial charge is 0.258 e. The second kappa shape index (κ2) is 6.33. The molecule has 126 valence electrons. The third-order valence-electron chi connectivity index (χ3n) is 4.87. The Bertz CT molecular complexity index is 691. The van der Waals surface area contributed by atoms with Crippen LogP contribution in [0, 0.1) is 11.3 Å². The molecule has 7 nitrogen and oxygen atoms in total. The van der Waals surface area contributed by atoms with Gasteiger partial charge in [0.25, 0.3) is 5.91 Å². The summed E-state index contributed by atoms with van der Waals surface area (Å²) in [5, 5.41) is 3.61. The van der Waals surface area contributed by atoms with Crippen molar-refractivity contribution in [1.29, 1.82) is 0 Å². The van der Waals surface area contributed by atoms with E-state index in [0.717, 1.165) is 5.56 Å². The van der Waals surface area contributed by atoms with Crippen molar-refractivity contribution in [2.24, 2.45) is 11.3 Å². The van der Waals surface area contributed by atoms with Crippen molar-refractivity contribution in [2.45, 2.75) is 6.61 Å². The van der Waals surface area contributed by atoms with Gasteiger partial charge in [0, 0.05) is 36.8 Å². The number of aromatic nitrogens is 2. The molecule has 0 spiro atoms. The summed E-state index contributed by atoms with van der Waals surface area (Å²) in [6.07, 6.45) is 6.39. The molecule has 2 aromatic heterocycles. The first-order valence-electron chi connectivity index (χ1n) is 8.00. The van der Waals surface area contributed by atoms with Crippen LogP contribution in [0.2, 0.25) is 0 Å². The molecule has 2 atom stereocenters. The molecule has 4 rings (SSSR count). The van der Waals surface area contributed by atoms with Gasteiger partial charge in [0.2, 0.25) is 0 Å². The zero-order chi connectivity index (χ0) is 16.4. The van der Waals surface area contributed by atoms with Gasteiger partial charge in [-0.3, -0.25) is 9.78 Å². The molecule has 2 fully saturated rings. The second-order valence-corrected chi connectivity index (χ2v) is 6.53. The largest absolute Gasteiger partial charge is 0.380 e. The molecular weight excluding hydrogens is 310 g/mol. The van der Waals surface area contributed by atoms with Crippen molar-refractivity contribution in [3.8, 4) is 0 Å². The van der Waals surface area contributed by atoms with Gasteiger partial charge in [-0.05, 0) is 11.6 Å². The molecule has 2 aliphatic rings. The topological polar surface area (TPSA) is 77.7 Å². The summed E-state index contributed by atoms with van der Waals surface area (Å²) in [5.41, 5.74) is 1.40. The van der Waals surface area contributed by atoms with Crippen molar-refractivity contribution in [1.82, 2.24) is 15.0 Å². The van der Waals surface area contributed by atoms with Crippen LogP contribution < -0.4 is 0 Å². The number of nitrogens with zero attached hydrogens (tertiary/aromatic N) is 3. The number of hydrogen-bond acceptors (Lipinski definition) is 6. The summed E-state index contributed by atoms with van der Waals surface area (Å²) < 4.78 is 16.4. The monoisotopic (exact) mass is 329 g/mol. The summed E-state index contributed by atoms with van der Waals surface area (Å²) in [7, 11) is 0. The fraction of sp³-hybridized carbons (Fsp3) is 0.471. The number of hydrogen-bond donors (Lipinski definition) is 0. The zero-order valence-electron chi connectivity index (χ0n) is 13.3. The van der Waals surface area contributed by atoms with Crippen LogP contribution in [-0.4, -0.2) is 53.9 Å². The first kappa shape index (κ1) is 15.3. The van der Waals surface area contributed by atoms with Gasteiger partial charge in [0.1, 0.15) is 6.26 Å². The SMILES string of the molecule is O=C(c1cnoc1)N1C[C@@H]2COC[C@]2(COCc2cccnc2)C1. The van der Waals surface area contributed by atoms with Crippen LogP contribution in [0.25, 0.3) is 0 Å². The Morgan fingerprint density at radius 1 is 1.46 bits per heavy atom. The third-order valence-corrected chi connectivity index (χ3v) is 4.87. The van der Waals surface area contributed by atoms with Gasteiger partial charge in [0.15, 0.2) is 0 Å². The van der Waals surface area contributed by atoms with E-state index in [2.05, 4.69) is 10.1 Å². The molecule has 0 N–H and O–H groups in total. The molecule has 1 amide bonds. The van der Waals surface area contributed by atoms with E-state index in [1.54, 1.807) is 12.4 Å². The fourth-order valence-corrected chi connectivity index (χ4v) is 3.54. The van der Waals surface area contributed by atoms with Crippen molar-refractivity contribution >= 4 is 5.91 Å². The summed E-state index contributed by atoms with van der Waals surface area (Å²) in [4.78, 5) is 18.5. The lowest BCUT2D eigenvalue weighted by Crippen LogP contribution is -2.37. The van der Waals surface area contributed by atoms with Crippen LogP contribution in [0.3, 0.4) is 0 Å². The fourth-order valence-electron chi connectivity index (χ4n) is 3.54. The molecule has 4 heterocycles. The van der Waals surface area contributed by atoms with Gasteiger partial charge in [-0.2, -0.15) is 0 Å². The first-order chi connectivity index (χ1) is 11.8. The summed E-state index contributed by atoms with van der Waals surface area (Å²) >= 11 is 0. The van der Waals surface area contributed by atoms with Crippen LogP contribution in [0.15, 0.2) is 41.5 Å². The minimum absolute atomic E-state index is 0.0442. The Hall–Kier alpha value is -2.25. The van der Waals surface area contributed by atoms with E-state index in [4.69, 9.17) is 14.0 Å². The van der Waals surface area contributed by atoms with Gasteiger partial charge in [0.05, 0.1) is 38.2 Å². The van der Waals surface area contributed by atoms with Gasteiger partial charge < -0.3 is 18.9 Å². The van der Waals surface area contributed by atoms with Crippen LogP contribution in [0.1, 0.15) is 15.9 Å². The minimum atomic E-state index is -0.130. The Kier molecular flexibility index (Phi) is 4.03. The number of carbonyl (C=O) groups is 1. The molecule has 2 aromatic rings. The lowest BCUT2D eigenvalue weighted by molar-refractivity contribution is 0.0185. The second-order valence-electron chi connectivity index (χ2n) is 6.53. The van der Waals surface area contributed by atoms with E-state index in [-0.39, 0.29) is 11.3 Å². The summed E-state index contributed by atoms with van der Waals surface area (Å²) in [6.45, 7) is 3.69. The predicted molar refractivity (Wildman–Crippen MR) is 83.0 cm³/mol. The Morgan fingerprint density at radius 3 is 3.21 bits per heavy atom. The molecule has 0 aromatic carbocycles. The van der Waals surface area contributed by atoms with E-state index in [0.29, 0.717) is 51.0 Å². The van der Waals surface area contributed by atoms with Crippen molar-refractivity contribution in [3.63, 3.8) is 0 Å². The van der Waals surface area contributed by atoms with E-state index in [1.807, 2.05) is 17.0 Å². The van der Waals surface area contributed by atoms with E-state index >= 15 is 0 Å². The lowest BCUT2D eigenvalue weighted by Gasteiger charge is -2.26. The average molecular weight is 329 g/mol. The maximum absolute atomic E-state index is 12.5. The summed E-state index contributed by atoms with van der Waals surface area (Å²) in [6, 6.07) is 3.89. The number of fused-ring (bicyclic) bond motifs is 1. The molecule has 0 aliphatic carbocycles. The van der Waals surface area contributed by atoms with Crippen LogP contribution >= 0.6 is 0 Å². The number of amides is 1. The maximum Gasteiger partial charge on any atom is 0.258 e. The number of likely N-dealkylation sites (tertiary alicyclic amines) is 1. The molecule has 2 saturated heterocycles. The number of pyridine rings is 1. The van der Waals surface area contributed by atoms with Gasteiger partial charge in [-0.15, -0.1) is 0 Å². The number of ether oxygens (including phenoxy) is 2. The maximum atomic E-state index is 12.5. The van der Waals surface area contributed by atoms with Gasteiger partial charge in [-0.1, -0.05) is 11.2 Å². The van der Waals surface area contributed by atoms with Crippen LogP contribution in [-0.2, 0) is 16.1 Å². The Balaban J connectivity index is 1.40. The molecule has 0 unspecified atom stereocenters. The van der Waals surface area contributed by atoms with Crippen molar-refractivity contribution < 1.29 is 18.8 Å². The van der Waals surface area contributed by atoms with E-state index in [9.17, 15) is 4.79 Å². The van der Waals surface area contributed by atoms with Crippen LogP contribution in [0.4, 0.5) is 0 Å². The average Bonchev–Trinajstić information content (AvgIpc) is 3.31. The highest BCUT2D eigenvalue weighted by Crippen LogP contribution is 2.42. The highest BCUT2D eigenvalue weighted by atomic mass is 16.5. The van der Waals surface area contributed by atoms with E-state index < -0.39 is 0 Å². The Labute approximate surface area is 139 Å². The number of rotatable bonds is 5. The molecule has 2 aliphatic heterocycles. The van der Waals surface area contributed by atoms with E-state index in [1.165, 1.54) is 12.5 Å². The standard InChI is InChI=1S/C17H19N3O4/c21-16(14-5-19-24-8-14)20-6-15-9-23-12-17(15,10-20)11-22-7-13-2-1-3-18-4-13/h1-5,8,15H,6-7,9-12H2/t15-,17-/m1/s1. The highest BCUT2D eigenvalue weighted by molar-refractivity contribution is 5.93. The van der Waals surface area contributed by atoms with Crippen LogP contribution in [0.5, 0.6) is 0 Å². The van der Waals surface area contributed by atoms with Gasteiger partial charge in [-0.25, -0.2) is 0 Å². The molecular formula is C17H19N3O4. The first-order valence-corrected chi connectivity index (χ1v) is 8.00. The van der Waals surface area contributed by atoms with Gasteiger partial charge >= 0.3 is 0 Å². The molecule has 0 saturated carbocycles. The third kappa shape index (κ3) is 2.81. The predicted octanol–water partition coefficient (Wildman–Crippen LogP) is 1.37. The Morgan fingerprint density at radius 2 is 2.42 bits per heavy atom.